The van der Waals surface area contributed by atoms with Crippen LogP contribution < -0.4 is 5.32 Å². The predicted octanol–water partition coefficient (Wildman–Crippen LogP) is 2.82. The second kappa shape index (κ2) is 5.26. The van der Waals surface area contributed by atoms with Gasteiger partial charge in [0.15, 0.2) is 0 Å². The Morgan fingerprint density at radius 1 is 1.21 bits per heavy atom. The minimum Gasteiger partial charge on any atom is -0.389 e. The zero-order valence-electron chi connectivity index (χ0n) is 11.9. The smallest absolute Gasteiger partial charge is 0.0771 e. The third-order valence-corrected chi connectivity index (χ3v) is 4.96. The van der Waals surface area contributed by atoms with Crippen LogP contribution >= 0.6 is 0 Å². The largest absolute Gasteiger partial charge is 0.389 e. The highest BCUT2D eigenvalue weighted by Crippen LogP contribution is 2.35. The molecule has 1 saturated carbocycles. The van der Waals surface area contributed by atoms with Gasteiger partial charge in [-0.1, -0.05) is 24.6 Å². The van der Waals surface area contributed by atoms with Crippen LogP contribution in [0, 0.1) is 5.92 Å². The molecule has 1 aromatic carbocycles. The van der Waals surface area contributed by atoms with Gasteiger partial charge in [0.1, 0.15) is 0 Å². The Labute approximate surface area is 116 Å². The van der Waals surface area contributed by atoms with E-state index < -0.39 is 5.60 Å². The van der Waals surface area contributed by atoms with Crippen molar-refractivity contribution in [3.05, 3.63) is 34.9 Å². The first kappa shape index (κ1) is 13.1. The van der Waals surface area contributed by atoms with Gasteiger partial charge in [0.25, 0.3) is 0 Å². The first-order valence-electron chi connectivity index (χ1n) is 7.69. The molecule has 2 heteroatoms. The molecule has 0 heterocycles. The van der Waals surface area contributed by atoms with Crippen LogP contribution in [0.15, 0.2) is 18.2 Å². The quantitative estimate of drug-likeness (QED) is 0.852. The van der Waals surface area contributed by atoms with Gasteiger partial charge < -0.3 is 10.4 Å². The average Bonchev–Trinajstić information content (AvgIpc) is 2.72. The van der Waals surface area contributed by atoms with Gasteiger partial charge in [-0.15, -0.1) is 0 Å². The number of aryl methyl sites for hydroxylation is 2. The summed E-state index contributed by atoms with van der Waals surface area (Å²) in [6, 6.07) is 6.85. The van der Waals surface area contributed by atoms with Crippen molar-refractivity contribution < 1.29 is 5.11 Å². The van der Waals surface area contributed by atoms with E-state index in [0.717, 1.165) is 6.54 Å². The van der Waals surface area contributed by atoms with E-state index in [2.05, 4.69) is 23.5 Å². The summed E-state index contributed by atoms with van der Waals surface area (Å²) in [5.41, 5.74) is 3.88. The Hall–Kier alpha value is -0.860. The molecule has 0 aromatic heterocycles. The van der Waals surface area contributed by atoms with E-state index in [1.807, 2.05) is 6.92 Å². The molecule has 0 bridgehead atoms. The maximum absolute atomic E-state index is 10.4. The number of nitrogens with one attached hydrogen (secondary N) is 1. The van der Waals surface area contributed by atoms with Crippen LogP contribution in [0.4, 0.5) is 0 Å². The summed E-state index contributed by atoms with van der Waals surface area (Å²) in [6.07, 6.45) is 7.46. The minimum atomic E-state index is -0.533. The highest BCUT2D eigenvalue weighted by atomic mass is 16.3. The molecule has 1 unspecified atom stereocenters. The van der Waals surface area contributed by atoms with Crippen molar-refractivity contribution in [3.63, 3.8) is 0 Å². The highest BCUT2D eigenvalue weighted by Gasteiger charge is 2.35. The van der Waals surface area contributed by atoms with Gasteiger partial charge in [-0.2, -0.15) is 0 Å². The topological polar surface area (TPSA) is 32.3 Å². The Kier molecular flexibility index (Phi) is 3.64. The molecule has 2 aliphatic rings. The summed E-state index contributed by atoms with van der Waals surface area (Å²) < 4.78 is 0. The number of hydrogen-bond donors (Lipinski definition) is 2. The van der Waals surface area contributed by atoms with Gasteiger partial charge in [-0.25, -0.2) is 0 Å². The molecule has 0 spiro atoms. The second-order valence-electron chi connectivity index (χ2n) is 6.55. The van der Waals surface area contributed by atoms with Gasteiger partial charge >= 0.3 is 0 Å². The number of aliphatic hydroxyl groups is 1. The molecule has 1 aromatic rings. The molecule has 2 nitrogen and oxygen atoms in total. The van der Waals surface area contributed by atoms with E-state index in [-0.39, 0.29) is 0 Å². The SMILES string of the molecule is CC(O)(CNCc1ccc2c(c1)CCC2)C1CCC1. The van der Waals surface area contributed by atoms with Gasteiger partial charge in [0.2, 0.25) is 0 Å². The van der Waals surface area contributed by atoms with E-state index in [9.17, 15) is 5.11 Å². The molecule has 19 heavy (non-hydrogen) atoms. The fourth-order valence-electron chi connectivity index (χ4n) is 3.37. The van der Waals surface area contributed by atoms with Crippen molar-refractivity contribution in [2.75, 3.05) is 6.54 Å². The number of hydrogen-bond acceptors (Lipinski definition) is 2. The van der Waals surface area contributed by atoms with Crippen molar-refractivity contribution in [2.45, 2.75) is 57.6 Å². The second-order valence-corrected chi connectivity index (χ2v) is 6.55. The molecule has 1 atom stereocenters. The van der Waals surface area contributed by atoms with E-state index in [1.54, 1.807) is 0 Å². The summed E-state index contributed by atoms with van der Waals surface area (Å²) in [4.78, 5) is 0. The predicted molar refractivity (Wildman–Crippen MR) is 78.1 cm³/mol. The van der Waals surface area contributed by atoms with Crippen LogP contribution in [-0.2, 0) is 19.4 Å². The standard InChI is InChI=1S/C17H25NO/c1-17(19,16-6-3-7-16)12-18-11-13-8-9-14-4-2-5-15(14)10-13/h8-10,16,18-19H,2-7,11-12H2,1H3. The van der Waals surface area contributed by atoms with Gasteiger partial charge in [-0.3, -0.25) is 0 Å². The Balaban J connectivity index is 1.52. The Morgan fingerprint density at radius 2 is 2.00 bits per heavy atom. The lowest BCUT2D eigenvalue weighted by Crippen LogP contribution is -2.46. The van der Waals surface area contributed by atoms with Crippen molar-refractivity contribution in [1.82, 2.24) is 5.32 Å². The lowest BCUT2D eigenvalue weighted by atomic mass is 9.74. The first-order chi connectivity index (χ1) is 9.15. The zero-order chi connectivity index (χ0) is 13.3. The summed E-state index contributed by atoms with van der Waals surface area (Å²) >= 11 is 0. The van der Waals surface area contributed by atoms with Gasteiger partial charge in [0, 0.05) is 13.1 Å². The van der Waals surface area contributed by atoms with Crippen LogP contribution in [0.25, 0.3) is 0 Å². The van der Waals surface area contributed by atoms with Crippen molar-refractivity contribution in [1.29, 1.82) is 0 Å². The Morgan fingerprint density at radius 3 is 2.74 bits per heavy atom. The van der Waals surface area contributed by atoms with Gasteiger partial charge in [0.05, 0.1) is 5.60 Å². The van der Waals surface area contributed by atoms with Crippen molar-refractivity contribution in [2.24, 2.45) is 5.92 Å². The van der Waals surface area contributed by atoms with E-state index >= 15 is 0 Å². The molecule has 104 valence electrons. The normalized spacial score (nSPS) is 21.8. The molecule has 3 rings (SSSR count). The molecule has 0 aliphatic heterocycles. The molecule has 0 radical (unpaired) electrons. The maximum atomic E-state index is 10.4. The molecular weight excluding hydrogens is 234 g/mol. The molecule has 1 fully saturated rings. The third kappa shape index (κ3) is 2.85. The lowest BCUT2D eigenvalue weighted by molar-refractivity contribution is -0.0332. The van der Waals surface area contributed by atoms with E-state index in [4.69, 9.17) is 0 Å². The van der Waals surface area contributed by atoms with Crippen LogP contribution in [0.3, 0.4) is 0 Å². The number of fused-ring (bicyclic) bond motifs is 1. The number of rotatable bonds is 5. The van der Waals surface area contributed by atoms with Crippen LogP contribution in [0.2, 0.25) is 0 Å². The molecule has 2 N–H and O–H groups in total. The zero-order valence-corrected chi connectivity index (χ0v) is 11.9. The average molecular weight is 259 g/mol. The maximum Gasteiger partial charge on any atom is 0.0771 e. The molecule has 0 saturated heterocycles. The summed E-state index contributed by atoms with van der Waals surface area (Å²) in [6.45, 7) is 3.55. The summed E-state index contributed by atoms with van der Waals surface area (Å²) in [5.74, 6) is 0.500. The van der Waals surface area contributed by atoms with Crippen LogP contribution in [0.5, 0.6) is 0 Å². The fraction of sp³-hybridized carbons (Fsp3) is 0.647. The van der Waals surface area contributed by atoms with E-state index in [0.29, 0.717) is 12.5 Å². The monoisotopic (exact) mass is 259 g/mol. The van der Waals surface area contributed by atoms with Crippen molar-refractivity contribution in [3.8, 4) is 0 Å². The van der Waals surface area contributed by atoms with Gasteiger partial charge in [-0.05, 0) is 61.6 Å². The van der Waals surface area contributed by atoms with Crippen molar-refractivity contribution >= 4 is 0 Å². The third-order valence-electron chi connectivity index (χ3n) is 4.96. The first-order valence-corrected chi connectivity index (χ1v) is 7.69. The molecule has 2 aliphatic carbocycles. The molecular formula is C17H25NO. The Bertz CT molecular complexity index is 449. The fourth-order valence-corrected chi connectivity index (χ4v) is 3.37. The highest BCUT2D eigenvalue weighted by molar-refractivity contribution is 5.35. The number of benzene rings is 1. The summed E-state index contributed by atoms with van der Waals surface area (Å²) in [7, 11) is 0. The minimum absolute atomic E-state index is 0.500. The summed E-state index contributed by atoms with van der Waals surface area (Å²) in [5, 5.41) is 13.8. The van der Waals surface area contributed by atoms with Crippen LogP contribution in [0.1, 0.15) is 49.3 Å². The molecule has 0 amide bonds. The van der Waals surface area contributed by atoms with E-state index in [1.165, 1.54) is 55.2 Å². The lowest BCUT2D eigenvalue weighted by Gasteiger charge is -2.39. The van der Waals surface area contributed by atoms with Crippen LogP contribution in [-0.4, -0.2) is 17.3 Å².